The minimum atomic E-state index is -0.157. The average Bonchev–Trinajstić information content (AvgIpc) is 3.59. The van der Waals surface area contributed by atoms with Crippen LogP contribution in [0, 0.1) is 125 Å². The molecule has 2 saturated heterocycles. The van der Waals surface area contributed by atoms with E-state index in [-0.39, 0.29) is 27.9 Å². The van der Waals surface area contributed by atoms with Crippen LogP contribution < -0.4 is 31.3 Å². The zero-order valence-electron chi connectivity index (χ0n) is 41.0. The maximum absolute atomic E-state index is 2.87. The van der Waals surface area contributed by atoms with E-state index in [1.807, 2.05) is 0 Å². The molecule has 0 aromatic heterocycles. The molecule has 8 rings (SSSR count). The first-order valence-corrected chi connectivity index (χ1v) is 22.8. The van der Waals surface area contributed by atoms with Crippen LogP contribution in [0.15, 0.2) is 72.8 Å². The summed E-state index contributed by atoms with van der Waals surface area (Å²) in [6.45, 7) is 41.1. The summed E-state index contributed by atoms with van der Waals surface area (Å²) in [5.74, 6) is 0. The van der Waals surface area contributed by atoms with Gasteiger partial charge in [0.15, 0.2) is 0 Å². The largest absolute Gasteiger partial charge is 0.425 e. The Hall–Kier alpha value is -4.90. The highest BCUT2D eigenvalue weighted by molar-refractivity contribution is 7.12. The van der Waals surface area contributed by atoms with E-state index >= 15 is 0 Å². The molecule has 4 nitrogen and oxygen atoms in total. The number of rotatable bonds is 6. The molecule has 0 amide bonds. The molecule has 6 aromatic rings. The van der Waals surface area contributed by atoms with Gasteiger partial charge < -0.3 is 9.44 Å². The SMILES string of the molecule is Cc1cc(C)c(B2N(c3c(C)cc(C)cc3C)B(c3c(C)cc(C)cc3C)N3B(c4c(C)cc(C)cc4C)N(c4c(C)cc(C)cc4C)B(c4c(C)cc(C)cc4C)N23)c(C)c1. The Morgan fingerprint density at radius 1 is 0.226 bits per heavy atom. The Balaban J connectivity index is 1.65. The Morgan fingerprint density at radius 3 is 0.532 bits per heavy atom. The lowest BCUT2D eigenvalue weighted by atomic mass is 9.43. The van der Waals surface area contributed by atoms with E-state index in [4.69, 9.17) is 0 Å². The van der Waals surface area contributed by atoms with Crippen molar-refractivity contribution in [2.24, 2.45) is 0 Å². The number of hydrazine groups is 1. The van der Waals surface area contributed by atoms with Crippen LogP contribution in [0.2, 0.25) is 0 Å². The zero-order chi connectivity index (χ0) is 45.0. The van der Waals surface area contributed by atoms with Gasteiger partial charge in [-0.3, -0.25) is 9.66 Å². The summed E-state index contributed by atoms with van der Waals surface area (Å²) in [5.41, 5.74) is 31.8. The van der Waals surface area contributed by atoms with Crippen LogP contribution in [0.3, 0.4) is 0 Å². The van der Waals surface area contributed by atoms with Gasteiger partial charge in [-0.25, -0.2) is 0 Å². The van der Waals surface area contributed by atoms with Crippen LogP contribution in [-0.4, -0.2) is 37.6 Å². The molecule has 0 N–H and O–H groups in total. The van der Waals surface area contributed by atoms with E-state index < -0.39 is 0 Å². The topological polar surface area (TPSA) is 13.0 Å². The fraction of sp³-hybridized carbons (Fsp3) is 0.333. The number of hydrogen-bond acceptors (Lipinski definition) is 4. The van der Waals surface area contributed by atoms with E-state index in [9.17, 15) is 0 Å². The lowest BCUT2D eigenvalue weighted by Gasteiger charge is -2.41. The van der Waals surface area contributed by atoms with Gasteiger partial charge in [-0.05, 0) is 169 Å². The first-order valence-electron chi connectivity index (χ1n) is 22.8. The Morgan fingerprint density at radius 2 is 0.371 bits per heavy atom. The van der Waals surface area contributed by atoms with Crippen LogP contribution in [0.5, 0.6) is 0 Å². The van der Waals surface area contributed by atoms with Crippen LogP contribution in [0.4, 0.5) is 11.4 Å². The summed E-state index contributed by atoms with van der Waals surface area (Å²) in [4.78, 5) is 5.75. The summed E-state index contributed by atoms with van der Waals surface area (Å²) in [7, 11) is 0. The quantitative estimate of drug-likeness (QED) is 0.155. The molecule has 314 valence electrons. The van der Waals surface area contributed by atoms with Crippen molar-refractivity contribution in [1.82, 2.24) is 9.66 Å². The summed E-state index contributed by atoms with van der Waals surface area (Å²) in [6, 6.07) is 29.0. The van der Waals surface area contributed by atoms with Gasteiger partial charge in [0.05, 0.1) is 0 Å². The lowest BCUT2D eigenvalue weighted by molar-refractivity contribution is 0.439. The number of fused-ring (bicyclic) bond motifs is 1. The second-order valence-corrected chi connectivity index (χ2v) is 19.8. The first-order chi connectivity index (χ1) is 29.2. The van der Waals surface area contributed by atoms with E-state index in [2.05, 4.69) is 217 Å². The highest BCUT2D eigenvalue weighted by Gasteiger charge is 2.68. The standard InChI is InChI=1S/C54H66B4N4/c1-31-19-37(7)49(38(8)20-31)55-59(53-45(15)27-35(5)28-46(53)16)56(50-39(9)21-32(2)22-40(50)10)62-58(52-43(13)25-34(4)26-44(52)14)60(54-47(17)29-36(6)30-48(54)18)57(61(55)62)51-41(11)23-33(3)24-42(51)12/h19-30H,1-18H3. The van der Waals surface area contributed by atoms with Gasteiger partial charge >= 0.3 is 27.9 Å². The number of anilines is 2. The van der Waals surface area contributed by atoms with Crippen LogP contribution in [-0.2, 0) is 0 Å². The Bertz CT molecular complexity index is 2350. The predicted molar refractivity (Wildman–Crippen MR) is 274 cm³/mol. The van der Waals surface area contributed by atoms with E-state index in [0.717, 1.165) is 0 Å². The van der Waals surface area contributed by atoms with Crippen LogP contribution >= 0.6 is 0 Å². The molecule has 0 spiro atoms. The molecule has 0 radical (unpaired) electrons. The number of benzene rings is 6. The monoisotopic (exact) mass is 815 g/mol. The van der Waals surface area contributed by atoms with Crippen molar-refractivity contribution in [1.29, 1.82) is 0 Å². The first kappa shape index (κ1) is 43.7. The van der Waals surface area contributed by atoms with Gasteiger partial charge in [0, 0.05) is 11.4 Å². The molecule has 0 unspecified atom stereocenters. The molecule has 2 heterocycles. The molecule has 0 aliphatic carbocycles. The molecule has 8 heteroatoms. The number of aryl methyl sites for hydroxylation is 18. The van der Waals surface area contributed by atoms with Crippen molar-refractivity contribution in [3.8, 4) is 0 Å². The predicted octanol–water partition coefficient (Wildman–Crippen LogP) is 9.68. The number of nitrogens with zero attached hydrogens (tertiary/aromatic N) is 4. The summed E-state index contributed by atoms with van der Waals surface area (Å²) in [6.07, 6.45) is 0. The van der Waals surface area contributed by atoms with E-state index in [1.165, 1.54) is 133 Å². The maximum Gasteiger partial charge on any atom is 0.370 e. The molecule has 2 aliphatic heterocycles. The second-order valence-electron chi connectivity index (χ2n) is 19.8. The molecular weight excluding hydrogens is 748 g/mol. The molecule has 0 saturated carbocycles. The van der Waals surface area contributed by atoms with E-state index in [0.29, 0.717) is 0 Å². The van der Waals surface area contributed by atoms with Crippen LogP contribution in [0.25, 0.3) is 0 Å². The third-order valence-electron chi connectivity index (χ3n) is 14.1. The van der Waals surface area contributed by atoms with Gasteiger partial charge in [-0.2, -0.15) is 0 Å². The molecule has 6 aromatic carbocycles. The van der Waals surface area contributed by atoms with Crippen LogP contribution in [0.1, 0.15) is 100 Å². The third kappa shape index (κ3) is 7.06. The maximum atomic E-state index is 2.87. The van der Waals surface area contributed by atoms with Gasteiger partial charge in [0.25, 0.3) is 0 Å². The summed E-state index contributed by atoms with van der Waals surface area (Å²) >= 11 is 0. The van der Waals surface area contributed by atoms with Gasteiger partial charge in [-0.15, -0.1) is 0 Å². The van der Waals surface area contributed by atoms with Gasteiger partial charge in [0.1, 0.15) is 0 Å². The summed E-state index contributed by atoms with van der Waals surface area (Å²) < 4.78 is 5.73. The minimum absolute atomic E-state index is 0.157. The Kier molecular flexibility index (Phi) is 11.3. The lowest BCUT2D eigenvalue weighted by Crippen LogP contribution is -2.70. The minimum Gasteiger partial charge on any atom is -0.425 e. The average molecular weight is 814 g/mol. The fourth-order valence-corrected chi connectivity index (χ4v) is 12.7. The molecule has 62 heavy (non-hydrogen) atoms. The van der Waals surface area contributed by atoms with E-state index in [1.54, 1.807) is 0 Å². The normalized spacial score (nSPS) is 14.6. The fourth-order valence-electron chi connectivity index (χ4n) is 12.7. The van der Waals surface area contributed by atoms with Crippen molar-refractivity contribution < 1.29 is 0 Å². The third-order valence-corrected chi connectivity index (χ3v) is 14.1. The molecule has 0 atom stereocenters. The molecule has 2 fully saturated rings. The highest BCUT2D eigenvalue weighted by atomic mass is 15.7. The Labute approximate surface area is 376 Å². The second kappa shape index (κ2) is 16.0. The zero-order valence-corrected chi connectivity index (χ0v) is 41.0. The van der Waals surface area contributed by atoms with Gasteiger partial charge in [-0.1, -0.05) is 151 Å². The molecular formula is C54H66B4N4. The summed E-state index contributed by atoms with van der Waals surface area (Å²) in [5, 5.41) is 0. The number of hydrogen-bond donors (Lipinski definition) is 0. The van der Waals surface area contributed by atoms with Crippen molar-refractivity contribution in [2.75, 3.05) is 9.44 Å². The highest BCUT2D eigenvalue weighted by Crippen LogP contribution is 2.43. The van der Waals surface area contributed by atoms with Crippen molar-refractivity contribution in [2.45, 2.75) is 125 Å². The smallest absolute Gasteiger partial charge is 0.370 e. The van der Waals surface area contributed by atoms with Crippen molar-refractivity contribution in [3.63, 3.8) is 0 Å². The van der Waals surface area contributed by atoms with Crippen molar-refractivity contribution >= 4 is 61.2 Å². The van der Waals surface area contributed by atoms with Gasteiger partial charge in [0.2, 0.25) is 0 Å². The molecule has 2 aliphatic rings. The van der Waals surface area contributed by atoms with Crippen molar-refractivity contribution in [3.05, 3.63) is 173 Å². The molecule has 0 bridgehead atoms.